The van der Waals surface area contributed by atoms with Crippen LogP contribution in [-0.2, 0) is 0 Å². The number of aryl methyl sites for hydroxylation is 1. The van der Waals surface area contributed by atoms with Gasteiger partial charge in [-0.3, -0.25) is 10.1 Å². The van der Waals surface area contributed by atoms with Crippen molar-refractivity contribution in [3.63, 3.8) is 0 Å². The van der Waals surface area contributed by atoms with Crippen LogP contribution in [0.1, 0.15) is 15.4 Å². The van der Waals surface area contributed by atoms with Gasteiger partial charge in [-0.05, 0) is 13.0 Å². The van der Waals surface area contributed by atoms with E-state index in [1.807, 2.05) is 0 Å². The average Bonchev–Trinajstić information content (AvgIpc) is 2.67. The summed E-state index contributed by atoms with van der Waals surface area (Å²) in [6.07, 6.45) is 1.32. The van der Waals surface area contributed by atoms with Crippen molar-refractivity contribution in [3.05, 3.63) is 33.0 Å². The molecule has 5 nitrogen and oxygen atoms in total. The van der Waals surface area contributed by atoms with Crippen LogP contribution < -0.4 is 5.32 Å². The molecule has 17 heavy (non-hydrogen) atoms. The molecule has 2 aromatic heterocycles. The average molecular weight is 289 g/mol. The highest BCUT2D eigenvalue weighted by Gasteiger charge is 2.13. The summed E-state index contributed by atoms with van der Waals surface area (Å²) in [5.41, 5.74) is 0.250. The zero-order valence-electron chi connectivity index (χ0n) is 8.57. The molecule has 0 aliphatic rings. The second kappa shape index (κ2) is 4.95. The van der Waals surface area contributed by atoms with E-state index < -0.39 is 5.91 Å². The standard InChI is InChI=1S/C9H6Cl2N4OS/c1-4-14-15-9(17-4)13-8(16)5-2-7(11)12-3-6(5)10/h2-3H,1H3,(H,13,15,16). The third kappa shape index (κ3) is 2.91. The zero-order chi connectivity index (χ0) is 12.4. The molecular weight excluding hydrogens is 283 g/mol. The van der Waals surface area contributed by atoms with E-state index >= 15 is 0 Å². The topological polar surface area (TPSA) is 67.8 Å². The number of aromatic nitrogens is 3. The number of pyridine rings is 1. The number of anilines is 1. The number of carbonyl (C=O) groups excluding carboxylic acids is 1. The largest absolute Gasteiger partial charge is 0.296 e. The van der Waals surface area contributed by atoms with Gasteiger partial charge >= 0.3 is 0 Å². The van der Waals surface area contributed by atoms with Crippen LogP contribution in [0.4, 0.5) is 5.13 Å². The predicted octanol–water partition coefficient (Wildman–Crippen LogP) is 2.80. The van der Waals surface area contributed by atoms with Gasteiger partial charge in [0.15, 0.2) is 0 Å². The van der Waals surface area contributed by atoms with E-state index in [-0.39, 0.29) is 15.7 Å². The number of nitrogens with one attached hydrogen (secondary N) is 1. The van der Waals surface area contributed by atoms with E-state index in [1.54, 1.807) is 6.92 Å². The Bertz CT molecular complexity index is 572. The van der Waals surface area contributed by atoms with Crippen LogP contribution in [-0.4, -0.2) is 21.1 Å². The van der Waals surface area contributed by atoms with Gasteiger partial charge in [-0.25, -0.2) is 4.98 Å². The molecule has 2 heterocycles. The van der Waals surface area contributed by atoms with Crippen molar-refractivity contribution < 1.29 is 4.79 Å². The molecule has 88 valence electrons. The molecule has 0 atom stereocenters. The van der Waals surface area contributed by atoms with Crippen LogP contribution in [0.2, 0.25) is 10.2 Å². The van der Waals surface area contributed by atoms with Crippen molar-refractivity contribution in [3.8, 4) is 0 Å². The van der Waals surface area contributed by atoms with E-state index in [1.165, 1.54) is 23.6 Å². The Balaban J connectivity index is 2.22. The summed E-state index contributed by atoms with van der Waals surface area (Å²) in [5.74, 6) is -0.393. The van der Waals surface area contributed by atoms with Gasteiger partial charge < -0.3 is 0 Å². The molecule has 1 N–H and O–H groups in total. The number of rotatable bonds is 2. The van der Waals surface area contributed by atoms with E-state index in [0.717, 1.165) is 5.01 Å². The molecule has 0 aliphatic heterocycles. The van der Waals surface area contributed by atoms with E-state index in [9.17, 15) is 4.79 Å². The lowest BCUT2D eigenvalue weighted by molar-refractivity contribution is 0.102. The number of hydrogen-bond acceptors (Lipinski definition) is 5. The smallest absolute Gasteiger partial charge is 0.259 e. The second-order valence-electron chi connectivity index (χ2n) is 3.07. The SMILES string of the molecule is Cc1nnc(NC(=O)c2cc(Cl)ncc2Cl)s1. The fourth-order valence-electron chi connectivity index (χ4n) is 1.10. The monoisotopic (exact) mass is 288 g/mol. The quantitative estimate of drug-likeness (QED) is 0.863. The number of hydrogen-bond donors (Lipinski definition) is 1. The van der Waals surface area contributed by atoms with Gasteiger partial charge in [-0.15, -0.1) is 10.2 Å². The van der Waals surface area contributed by atoms with Crippen LogP contribution in [0.25, 0.3) is 0 Å². The maximum absolute atomic E-state index is 11.9. The van der Waals surface area contributed by atoms with Crippen LogP contribution in [0, 0.1) is 6.92 Å². The predicted molar refractivity (Wildman–Crippen MR) is 66.9 cm³/mol. The summed E-state index contributed by atoms with van der Waals surface area (Å²) >= 11 is 12.8. The van der Waals surface area contributed by atoms with Crippen LogP contribution in [0.5, 0.6) is 0 Å². The Morgan fingerprint density at radius 1 is 1.41 bits per heavy atom. The highest BCUT2D eigenvalue weighted by molar-refractivity contribution is 7.15. The number of carbonyl (C=O) groups is 1. The van der Waals surface area contributed by atoms with Gasteiger partial charge in [0.05, 0.1) is 10.6 Å². The van der Waals surface area contributed by atoms with Crippen molar-refractivity contribution >= 4 is 45.6 Å². The molecule has 8 heteroatoms. The Hall–Kier alpha value is -1.24. The fourth-order valence-corrected chi connectivity index (χ4v) is 2.03. The molecule has 0 radical (unpaired) electrons. The zero-order valence-corrected chi connectivity index (χ0v) is 10.9. The number of nitrogens with zero attached hydrogens (tertiary/aromatic N) is 3. The first-order valence-corrected chi connectivity index (χ1v) is 6.06. The fraction of sp³-hybridized carbons (Fsp3) is 0.111. The van der Waals surface area contributed by atoms with Crippen molar-refractivity contribution in [1.82, 2.24) is 15.2 Å². The number of amides is 1. The molecule has 1 amide bonds. The lowest BCUT2D eigenvalue weighted by Crippen LogP contribution is -2.12. The Morgan fingerprint density at radius 3 is 2.82 bits per heavy atom. The van der Waals surface area contributed by atoms with E-state index in [4.69, 9.17) is 23.2 Å². The van der Waals surface area contributed by atoms with E-state index in [2.05, 4.69) is 20.5 Å². The molecule has 0 saturated heterocycles. The number of halogens is 2. The molecule has 0 aliphatic carbocycles. The van der Waals surface area contributed by atoms with Gasteiger partial charge in [0.2, 0.25) is 5.13 Å². The van der Waals surface area contributed by atoms with Crippen LogP contribution in [0.15, 0.2) is 12.3 Å². The Morgan fingerprint density at radius 2 is 2.18 bits per heavy atom. The molecule has 2 aromatic rings. The molecule has 0 aromatic carbocycles. The summed E-state index contributed by atoms with van der Waals surface area (Å²) in [4.78, 5) is 15.6. The summed E-state index contributed by atoms with van der Waals surface area (Å²) in [5, 5.41) is 11.8. The van der Waals surface area contributed by atoms with E-state index in [0.29, 0.717) is 5.13 Å². The van der Waals surface area contributed by atoms with Crippen LogP contribution in [0.3, 0.4) is 0 Å². The molecule has 0 unspecified atom stereocenters. The van der Waals surface area contributed by atoms with Crippen molar-refractivity contribution in [2.24, 2.45) is 0 Å². The van der Waals surface area contributed by atoms with Gasteiger partial charge in [0.1, 0.15) is 10.2 Å². The van der Waals surface area contributed by atoms with Gasteiger partial charge in [0.25, 0.3) is 5.91 Å². The lowest BCUT2D eigenvalue weighted by atomic mass is 10.2. The van der Waals surface area contributed by atoms with Crippen molar-refractivity contribution in [2.75, 3.05) is 5.32 Å². The second-order valence-corrected chi connectivity index (χ2v) is 5.04. The molecule has 0 fully saturated rings. The highest BCUT2D eigenvalue weighted by Crippen LogP contribution is 2.20. The van der Waals surface area contributed by atoms with Gasteiger partial charge in [-0.2, -0.15) is 0 Å². The van der Waals surface area contributed by atoms with Gasteiger partial charge in [-0.1, -0.05) is 34.5 Å². The Labute approximate surface area is 111 Å². The molecule has 0 spiro atoms. The maximum atomic E-state index is 11.9. The maximum Gasteiger partial charge on any atom is 0.259 e. The minimum absolute atomic E-state index is 0.202. The van der Waals surface area contributed by atoms with Crippen molar-refractivity contribution in [2.45, 2.75) is 6.92 Å². The third-order valence-electron chi connectivity index (χ3n) is 1.81. The minimum Gasteiger partial charge on any atom is -0.296 e. The lowest BCUT2D eigenvalue weighted by Gasteiger charge is -2.03. The highest BCUT2D eigenvalue weighted by atomic mass is 35.5. The Kier molecular flexibility index (Phi) is 3.56. The van der Waals surface area contributed by atoms with Crippen LogP contribution >= 0.6 is 34.5 Å². The van der Waals surface area contributed by atoms with Crippen molar-refractivity contribution in [1.29, 1.82) is 0 Å². The molecule has 0 bridgehead atoms. The summed E-state index contributed by atoms with van der Waals surface area (Å²) in [6, 6.07) is 1.40. The summed E-state index contributed by atoms with van der Waals surface area (Å²) < 4.78 is 0. The first kappa shape index (κ1) is 12.2. The first-order valence-electron chi connectivity index (χ1n) is 4.49. The summed E-state index contributed by atoms with van der Waals surface area (Å²) in [7, 11) is 0. The summed E-state index contributed by atoms with van der Waals surface area (Å²) in [6.45, 7) is 1.80. The van der Waals surface area contributed by atoms with Gasteiger partial charge in [0, 0.05) is 6.20 Å². The molecular formula is C9H6Cl2N4OS. The normalized spacial score (nSPS) is 10.3. The minimum atomic E-state index is -0.393. The first-order chi connectivity index (χ1) is 8.06. The third-order valence-corrected chi connectivity index (χ3v) is 3.08. The molecule has 2 rings (SSSR count). The molecule has 0 saturated carbocycles.